The molecule has 0 fully saturated rings. The summed E-state index contributed by atoms with van der Waals surface area (Å²) in [7, 11) is 0. The Balaban J connectivity index is 1.84. The van der Waals surface area contributed by atoms with Crippen molar-refractivity contribution in [2.45, 2.75) is 32.7 Å². The average molecular weight is 431 g/mol. The number of anilines is 1. The molecule has 3 rings (SSSR count). The first-order valence-corrected chi connectivity index (χ1v) is 10.7. The Kier molecular flexibility index (Phi) is 7.27. The molecule has 2 aromatic carbocycles. The van der Waals surface area contributed by atoms with Gasteiger partial charge in [-0.1, -0.05) is 78.2 Å². The smallest absolute Gasteiger partial charge is 0.208 e. The standard InChI is InChI=1S/C21H20Cl2N4S/c1-2-3-13-27(14-17-18(22)5-4-6-19(17)23)21-26-25-20(28-21)16-9-7-15(8-10-16)11-12-24/h4-10H,2-3,11,13-14H2,1H3. The third kappa shape index (κ3) is 5.02. The van der Waals surface area contributed by atoms with Crippen molar-refractivity contribution in [1.29, 1.82) is 5.26 Å². The van der Waals surface area contributed by atoms with E-state index >= 15 is 0 Å². The van der Waals surface area contributed by atoms with E-state index in [1.165, 1.54) is 0 Å². The maximum absolute atomic E-state index is 8.81. The van der Waals surface area contributed by atoms with Crippen LogP contribution in [0.25, 0.3) is 10.6 Å². The van der Waals surface area contributed by atoms with Gasteiger partial charge >= 0.3 is 0 Å². The van der Waals surface area contributed by atoms with E-state index in [0.29, 0.717) is 23.0 Å². The van der Waals surface area contributed by atoms with Crippen molar-refractivity contribution in [1.82, 2.24) is 10.2 Å². The molecule has 0 radical (unpaired) electrons. The molecule has 0 saturated carbocycles. The van der Waals surface area contributed by atoms with Crippen molar-refractivity contribution in [3.63, 3.8) is 0 Å². The van der Waals surface area contributed by atoms with Crippen LogP contribution in [0.1, 0.15) is 30.9 Å². The first-order chi connectivity index (χ1) is 13.6. The first-order valence-electron chi connectivity index (χ1n) is 9.10. The van der Waals surface area contributed by atoms with Gasteiger partial charge in [0.1, 0.15) is 5.01 Å². The molecular weight excluding hydrogens is 411 g/mol. The lowest BCUT2D eigenvalue weighted by Gasteiger charge is -2.22. The molecule has 0 atom stereocenters. The van der Waals surface area contributed by atoms with E-state index in [1.54, 1.807) is 11.3 Å². The largest absolute Gasteiger partial charge is 0.342 e. The number of hydrogen-bond acceptors (Lipinski definition) is 5. The summed E-state index contributed by atoms with van der Waals surface area (Å²) in [6, 6.07) is 15.6. The van der Waals surface area contributed by atoms with E-state index < -0.39 is 0 Å². The van der Waals surface area contributed by atoms with Crippen molar-refractivity contribution in [2.24, 2.45) is 0 Å². The minimum atomic E-state index is 0.408. The third-order valence-corrected chi connectivity index (χ3v) is 6.10. The van der Waals surface area contributed by atoms with Crippen molar-refractivity contribution in [3.8, 4) is 16.6 Å². The number of halogens is 2. The fourth-order valence-electron chi connectivity index (χ4n) is 2.78. The van der Waals surface area contributed by atoms with Gasteiger partial charge < -0.3 is 4.90 Å². The lowest BCUT2D eigenvalue weighted by molar-refractivity contribution is 0.710. The summed E-state index contributed by atoms with van der Waals surface area (Å²) in [5.41, 5.74) is 2.89. The molecule has 0 aliphatic carbocycles. The SMILES string of the molecule is CCCCN(Cc1c(Cl)cccc1Cl)c1nnc(-c2ccc(CC#N)cc2)s1. The van der Waals surface area contributed by atoms with Crippen LogP contribution in [0.15, 0.2) is 42.5 Å². The summed E-state index contributed by atoms with van der Waals surface area (Å²) >= 11 is 14.3. The molecule has 0 N–H and O–H groups in total. The zero-order valence-corrected chi connectivity index (χ0v) is 17.9. The Hall–Kier alpha value is -2.13. The highest BCUT2D eigenvalue weighted by Crippen LogP contribution is 2.32. The van der Waals surface area contributed by atoms with Gasteiger partial charge in [-0.2, -0.15) is 5.26 Å². The van der Waals surface area contributed by atoms with Crippen molar-refractivity contribution < 1.29 is 0 Å². The number of hydrogen-bond donors (Lipinski definition) is 0. The van der Waals surface area contributed by atoms with Gasteiger partial charge in [-0.3, -0.25) is 0 Å². The van der Waals surface area contributed by atoms with Gasteiger partial charge in [0.15, 0.2) is 0 Å². The second kappa shape index (κ2) is 9.88. The lowest BCUT2D eigenvalue weighted by atomic mass is 10.1. The molecule has 1 heterocycles. The number of nitriles is 1. The second-order valence-corrected chi connectivity index (χ2v) is 8.17. The van der Waals surface area contributed by atoms with E-state index in [-0.39, 0.29) is 0 Å². The van der Waals surface area contributed by atoms with Crippen LogP contribution in [0.2, 0.25) is 10.0 Å². The van der Waals surface area contributed by atoms with Gasteiger partial charge in [-0.05, 0) is 24.1 Å². The monoisotopic (exact) mass is 430 g/mol. The van der Waals surface area contributed by atoms with Gasteiger partial charge in [0.2, 0.25) is 5.13 Å². The van der Waals surface area contributed by atoms with Crippen molar-refractivity contribution in [3.05, 3.63) is 63.6 Å². The maximum atomic E-state index is 8.81. The van der Waals surface area contributed by atoms with Crippen LogP contribution in [0.5, 0.6) is 0 Å². The maximum Gasteiger partial charge on any atom is 0.208 e. The van der Waals surface area contributed by atoms with Gasteiger partial charge in [-0.15, -0.1) is 10.2 Å². The van der Waals surface area contributed by atoms with Crippen LogP contribution < -0.4 is 4.90 Å². The Morgan fingerprint density at radius 1 is 1.07 bits per heavy atom. The Labute approximate surface area is 179 Å². The predicted molar refractivity (Wildman–Crippen MR) is 117 cm³/mol. The summed E-state index contributed by atoms with van der Waals surface area (Å²) in [4.78, 5) is 2.18. The lowest BCUT2D eigenvalue weighted by Crippen LogP contribution is -2.24. The summed E-state index contributed by atoms with van der Waals surface area (Å²) < 4.78 is 0. The molecule has 1 aromatic heterocycles. The highest BCUT2D eigenvalue weighted by Gasteiger charge is 2.17. The molecule has 3 aromatic rings. The average Bonchev–Trinajstić information content (AvgIpc) is 3.18. The fraction of sp³-hybridized carbons (Fsp3) is 0.286. The Morgan fingerprint density at radius 2 is 1.79 bits per heavy atom. The molecule has 0 aliphatic rings. The minimum absolute atomic E-state index is 0.408. The summed E-state index contributed by atoms with van der Waals surface area (Å²) in [5.74, 6) is 0. The van der Waals surface area contributed by atoms with E-state index in [1.807, 2.05) is 42.5 Å². The van der Waals surface area contributed by atoms with Gasteiger partial charge in [0.05, 0.1) is 12.5 Å². The van der Waals surface area contributed by atoms with Gasteiger partial charge in [-0.25, -0.2) is 0 Å². The summed E-state index contributed by atoms with van der Waals surface area (Å²) in [6.45, 7) is 3.61. The number of unbranched alkanes of at least 4 members (excludes halogenated alkanes) is 1. The summed E-state index contributed by atoms with van der Waals surface area (Å²) in [5, 5.41) is 20.6. The van der Waals surface area contributed by atoms with E-state index in [4.69, 9.17) is 28.5 Å². The normalized spacial score (nSPS) is 10.6. The van der Waals surface area contributed by atoms with Crippen LogP contribution in [0.3, 0.4) is 0 Å². The van der Waals surface area contributed by atoms with Crippen LogP contribution in [0.4, 0.5) is 5.13 Å². The van der Waals surface area contributed by atoms with Crippen LogP contribution >= 0.6 is 34.5 Å². The van der Waals surface area contributed by atoms with Crippen LogP contribution in [-0.2, 0) is 13.0 Å². The topological polar surface area (TPSA) is 52.8 Å². The number of rotatable bonds is 8. The fourth-order valence-corrected chi connectivity index (χ4v) is 4.17. The highest BCUT2D eigenvalue weighted by molar-refractivity contribution is 7.18. The molecule has 0 amide bonds. The minimum Gasteiger partial charge on any atom is -0.342 e. The highest BCUT2D eigenvalue weighted by atomic mass is 35.5. The Morgan fingerprint density at radius 3 is 2.43 bits per heavy atom. The van der Waals surface area contributed by atoms with E-state index in [0.717, 1.165) is 46.2 Å². The molecule has 0 unspecified atom stereocenters. The number of benzene rings is 2. The quantitative estimate of drug-likeness (QED) is 0.415. The van der Waals surface area contributed by atoms with Crippen molar-refractivity contribution >= 4 is 39.7 Å². The molecule has 28 heavy (non-hydrogen) atoms. The van der Waals surface area contributed by atoms with Crippen LogP contribution in [-0.4, -0.2) is 16.7 Å². The molecule has 144 valence electrons. The molecule has 0 saturated heterocycles. The Bertz CT molecular complexity index is 943. The molecule has 4 nitrogen and oxygen atoms in total. The molecule has 0 spiro atoms. The molecule has 0 aliphatic heterocycles. The van der Waals surface area contributed by atoms with Gasteiger partial charge in [0, 0.05) is 34.3 Å². The van der Waals surface area contributed by atoms with Gasteiger partial charge in [0.25, 0.3) is 0 Å². The van der Waals surface area contributed by atoms with E-state index in [2.05, 4.69) is 28.1 Å². The predicted octanol–water partition coefficient (Wildman–Crippen LogP) is 6.38. The number of aromatic nitrogens is 2. The zero-order valence-electron chi connectivity index (χ0n) is 15.5. The second-order valence-electron chi connectivity index (χ2n) is 6.40. The first kappa shape index (κ1) is 20.6. The molecule has 0 bridgehead atoms. The van der Waals surface area contributed by atoms with Crippen LogP contribution in [0, 0.1) is 11.3 Å². The van der Waals surface area contributed by atoms with Crippen molar-refractivity contribution in [2.75, 3.05) is 11.4 Å². The number of nitrogens with zero attached hydrogens (tertiary/aromatic N) is 4. The summed E-state index contributed by atoms with van der Waals surface area (Å²) in [6.07, 6.45) is 2.53. The third-order valence-electron chi connectivity index (χ3n) is 4.36. The van der Waals surface area contributed by atoms with E-state index in [9.17, 15) is 0 Å². The zero-order chi connectivity index (χ0) is 19.9. The molecular formula is C21H20Cl2N4S. The molecule has 7 heteroatoms.